The third-order valence-corrected chi connectivity index (χ3v) is 4.02. The molecule has 0 saturated carbocycles. The van der Waals surface area contributed by atoms with Crippen molar-refractivity contribution in [1.29, 1.82) is 0 Å². The molecule has 0 aliphatic rings. The number of anilines is 1. The number of hydrogen-bond acceptors (Lipinski definition) is 6. The van der Waals surface area contributed by atoms with Gasteiger partial charge in [0.1, 0.15) is 12.8 Å². The van der Waals surface area contributed by atoms with E-state index in [1.165, 1.54) is 12.0 Å². The van der Waals surface area contributed by atoms with Crippen LogP contribution in [-0.4, -0.2) is 45.0 Å². The molecule has 1 amide bonds. The molecule has 0 spiro atoms. The third kappa shape index (κ3) is 3.95. The van der Waals surface area contributed by atoms with E-state index in [-0.39, 0.29) is 16.8 Å². The minimum absolute atomic E-state index is 0.145. The summed E-state index contributed by atoms with van der Waals surface area (Å²) >= 11 is 6.31. The van der Waals surface area contributed by atoms with Crippen molar-refractivity contribution in [3.05, 3.63) is 66.0 Å². The van der Waals surface area contributed by atoms with Crippen LogP contribution in [0.2, 0.25) is 5.15 Å². The van der Waals surface area contributed by atoms with Crippen LogP contribution >= 0.6 is 11.6 Å². The van der Waals surface area contributed by atoms with Crippen molar-refractivity contribution >= 4 is 28.9 Å². The van der Waals surface area contributed by atoms with Crippen molar-refractivity contribution in [3.63, 3.8) is 0 Å². The molecule has 8 nitrogen and oxygen atoms in total. The highest BCUT2D eigenvalue weighted by atomic mass is 35.5. The van der Waals surface area contributed by atoms with E-state index in [1.54, 1.807) is 53.9 Å². The van der Waals surface area contributed by atoms with Gasteiger partial charge >= 0.3 is 0 Å². The number of rotatable bonds is 6. The Labute approximate surface area is 161 Å². The van der Waals surface area contributed by atoms with Crippen molar-refractivity contribution in [3.8, 4) is 5.69 Å². The Morgan fingerprint density at radius 3 is 2.67 bits per heavy atom. The zero-order valence-electron chi connectivity index (χ0n) is 14.8. The maximum absolute atomic E-state index is 13.1. The van der Waals surface area contributed by atoms with Gasteiger partial charge in [-0.2, -0.15) is 5.10 Å². The molecule has 138 valence electrons. The number of likely N-dealkylation sites (N-methyl/N-ethyl adjacent to an activating group) is 1. The zero-order valence-corrected chi connectivity index (χ0v) is 15.5. The third-order valence-electron chi connectivity index (χ3n) is 3.75. The molecule has 0 aliphatic heterocycles. The van der Waals surface area contributed by atoms with Crippen LogP contribution in [0.1, 0.15) is 12.5 Å². The Morgan fingerprint density at radius 2 is 2.04 bits per heavy atom. The summed E-state index contributed by atoms with van der Waals surface area (Å²) in [6.07, 6.45) is 8.16. The van der Waals surface area contributed by atoms with Crippen molar-refractivity contribution in [2.45, 2.75) is 6.92 Å². The normalized spacial score (nSPS) is 11.3. The molecule has 3 aromatic rings. The molecular formula is C18H17ClN6O2. The van der Waals surface area contributed by atoms with Crippen LogP contribution in [0.15, 0.2) is 60.4 Å². The fourth-order valence-electron chi connectivity index (χ4n) is 2.51. The Bertz CT molecular complexity index is 943. The molecule has 0 aromatic carbocycles. The molecule has 0 saturated heterocycles. The number of aromatic nitrogens is 4. The molecule has 0 aliphatic carbocycles. The predicted octanol–water partition coefficient (Wildman–Crippen LogP) is 2.72. The number of amides is 1. The first kappa shape index (κ1) is 18.5. The van der Waals surface area contributed by atoms with Gasteiger partial charge in [-0.3, -0.25) is 14.8 Å². The summed E-state index contributed by atoms with van der Waals surface area (Å²) in [6.45, 7) is 2.21. The topological polar surface area (TPSA) is 85.5 Å². The van der Waals surface area contributed by atoms with Gasteiger partial charge in [0.05, 0.1) is 18.1 Å². The summed E-state index contributed by atoms with van der Waals surface area (Å²) in [5, 5.41) is 8.37. The van der Waals surface area contributed by atoms with E-state index >= 15 is 0 Å². The highest BCUT2D eigenvalue weighted by Gasteiger charge is 2.26. The van der Waals surface area contributed by atoms with Crippen LogP contribution in [-0.2, 0) is 9.63 Å². The quantitative estimate of drug-likeness (QED) is 0.482. The van der Waals surface area contributed by atoms with Gasteiger partial charge in [0.2, 0.25) is 0 Å². The standard InChI is InChI=1S/C18H17ClN6O2/c1-3-24(18(26)16(23-27-2)13-6-9-20-10-7-13)15-12-25(22-17(15)19)14-5-4-8-21-11-14/h4-12H,3H2,1-2H3/b23-16+. The fraction of sp³-hybridized carbons (Fsp3) is 0.167. The number of pyridine rings is 2. The first-order valence-electron chi connectivity index (χ1n) is 8.14. The minimum Gasteiger partial charge on any atom is -0.398 e. The number of carbonyl (C=O) groups excluding carboxylic acids is 1. The molecule has 27 heavy (non-hydrogen) atoms. The highest BCUT2D eigenvalue weighted by molar-refractivity contribution is 6.49. The lowest BCUT2D eigenvalue weighted by molar-refractivity contribution is -0.112. The van der Waals surface area contributed by atoms with E-state index in [1.807, 2.05) is 13.0 Å². The van der Waals surface area contributed by atoms with E-state index in [2.05, 4.69) is 20.2 Å². The van der Waals surface area contributed by atoms with Crippen molar-refractivity contribution in [2.75, 3.05) is 18.6 Å². The fourth-order valence-corrected chi connectivity index (χ4v) is 2.75. The van der Waals surface area contributed by atoms with Crippen LogP contribution in [0.25, 0.3) is 5.69 Å². The molecule has 3 heterocycles. The molecular weight excluding hydrogens is 368 g/mol. The Kier molecular flexibility index (Phi) is 5.77. The largest absolute Gasteiger partial charge is 0.398 e. The molecule has 0 radical (unpaired) electrons. The van der Waals surface area contributed by atoms with E-state index in [0.29, 0.717) is 17.8 Å². The average Bonchev–Trinajstić information content (AvgIpc) is 3.09. The lowest BCUT2D eigenvalue weighted by atomic mass is 10.1. The maximum atomic E-state index is 13.1. The van der Waals surface area contributed by atoms with Gasteiger partial charge in [0.25, 0.3) is 5.91 Å². The summed E-state index contributed by atoms with van der Waals surface area (Å²) in [5.41, 5.74) is 1.93. The lowest BCUT2D eigenvalue weighted by Crippen LogP contribution is -2.37. The second kappa shape index (κ2) is 8.41. The smallest absolute Gasteiger partial charge is 0.281 e. The summed E-state index contributed by atoms with van der Waals surface area (Å²) in [7, 11) is 1.39. The average molecular weight is 385 g/mol. The van der Waals surface area contributed by atoms with Gasteiger partial charge in [-0.25, -0.2) is 4.68 Å². The summed E-state index contributed by atoms with van der Waals surface area (Å²) < 4.78 is 1.57. The number of nitrogens with zero attached hydrogens (tertiary/aromatic N) is 6. The number of halogens is 1. The molecule has 0 atom stereocenters. The molecule has 0 unspecified atom stereocenters. The Morgan fingerprint density at radius 1 is 1.26 bits per heavy atom. The van der Waals surface area contributed by atoms with E-state index in [0.717, 1.165) is 5.69 Å². The van der Waals surface area contributed by atoms with Crippen LogP contribution in [0.3, 0.4) is 0 Å². The molecule has 3 aromatic heterocycles. The van der Waals surface area contributed by atoms with Crippen molar-refractivity contribution < 1.29 is 9.63 Å². The second-order valence-electron chi connectivity index (χ2n) is 5.37. The Balaban J connectivity index is 1.98. The Hall–Kier alpha value is -3.26. The first-order chi connectivity index (χ1) is 13.2. The summed E-state index contributed by atoms with van der Waals surface area (Å²) in [6, 6.07) is 7.00. The second-order valence-corrected chi connectivity index (χ2v) is 5.73. The van der Waals surface area contributed by atoms with Gasteiger partial charge in [0, 0.05) is 30.7 Å². The van der Waals surface area contributed by atoms with Crippen LogP contribution in [0.5, 0.6) is 0 Å². The van der Waals surface area contributed by atoms with Gasteiger partial charge in [0.15, 0.2) is 10.9 Å². The number of hydrogen-bond donors (Lipinski definition) is 0. The lowest BCUT2D eigenvalue weighted by Gasteiger charge is -2.20. The van der Waals surface area contributed by atoms with Crippen molar-refractivity contribution in [1.82, 2.24) is 19.7 Å². The van der Waals surface area contributed by atoms with Crippen molar-refractivity contribution in [2.24, 2.45) is 5.16 Å². The van der Waals surface area contributed by atoms with Crippen LogP contribution < -0.4 is 4.90 Å². The van der Waals surface area contributed by atoms with E-state index in [4.69, 9.17) is 16.4 Å². The predicted molar refractivity (Wildman–Crippen MR) is 102 cm³/mol. The molecule has 9 heteroatoms. The van der Waals surface area contributed by atoms with Gasteiger partial charge in [-0.15, -0.1) is 0 Å². The number of oxime groups is 1. The molecule has 0 fully saturated rings. The maximum Gasteiger partial charge on any atom is 0.281 e. The van der Waals surface area contributed by atoms with E-state index in [9.17, 15) is 4.79 Å². The van der Waals surface area contributed by atoms with Gasteiger partial charge < -0.3 is 9.74 Å². The van der Waals surface area contributed by atoms with Crippen LogP contribution in [0.4, 0.5) is 5.69 Å². The molecule has 0 N–H and O–H groups in total. The summed E-state index contributed by atoms with van der Waals surface area (Å²) in [5.74, 6) is -0.363. The van der Waals surface area contributed by atoms with Gasteiger partial charge in [-0.1, -0.05) is 16.8 Å². The highest BCUT2D eigenvalue weighted by Crippen LogP contribution is 2.26. The first-order valence-corrected chi connectivity index (χ1v) is 8.52. The van der Waals surface area contributed by atoms with Gasteiger partial charge in [-0.05, 0) is 31.2 Å². The van der Waals surface area contributed by atoms with E-state index < -0.39 is 0 Å². The summed E-state index contributed by atoms with van der Waals surface area (Å²) in [4.78, 5) is 27.5. The zero-order chi connectivity index (χ0) is 19.2. The minimum atomic E-state index is -0.363. The molecule has 3 rings (SSSR count). The number of carbonyl (C=O) groups is 1. The van der Waals surface area contributed by atoms with Crippen LogP contribution in [0, 0.1) is 0 Å². The monoisotopic (exact) mass is 384 g/mol. The SMILES string of the molecule is CCN(C(=O)/C(=N/OC)c1ccncc1)c1cn(-c2cccnc2)nc1Cl. The molecule has 0 bridgehead atoms.